The van der Waals surface area contributed by atoms with Gasteiger partial charge in [-0.15, -0.1) is 21.5 Å². The molecule has 9 nitrogen and oxygen atoms in total. The Kier molecular flexibility index (Phi) is 6.16. The molecule has 1 aliphatic heterocycles. The highest BCUT2D eigenvalue weighted by Crippen LogP contribution is 2.28. The highest BCUT2D eigenvalue weighted by Gasteiger charge is 2.34. The Morgan fingerprint density at radius 3 is 2.71 bits per heavy atom. The monoisotopic (exact) mass is 426 g/mol. The highest BCUT2D eigenvalue weighted by molar-refractivity contribution is 7.89. The summed E-state index contributed by atoms with van der Waals surface area (Å²) in [6.45, 7) is 0.541. The van der Waals surface area contributed by atoms with Gasteiger partial charge in [0.2, 0.25) is 15.9 Å². The van der Waals surface area contributed by atoms with E-state index in [2.05, 4.69) is 14.9 Å². The van der Waals surface area contributed by atoms with Crippen molar-refractivity contribution >= 4 is 33.1 Å². The van der Waals surface area contributed by atoms with E-state index in [4.69, 9.17) is 4.74 Å². The average Bonchev–Trinajstić information content (AvgIpc) is 3.19. The van der Waals surface area contributed by atoms with Crippen molar-refractivity contribution in [1.82, 2.24) is 14.5 Å². The molecule has 0 bridgehead atoms. The predicted molar refractivity (Wildman–Crippen MR) is 104 cm³/mol. The SMILES string of the molecule is COC(=O)c1sccc1S(=O)(=O)N1CCCC(Oc2ccc(N(C)C)nn2)C1. The second-order valence-corrected chi connectivity index (χ2v) is 9.30. The van der Waals surface area contributed by atoms with Crippen molar-refractivity contribution in [2.45, 2.75) is 23.8 Å². The number of esters is 1. The maximum Gasteiger partial charge on any atom is 0.349 e. The summed E-state index contributed by atoms with van der Waals surface area (Å²) >= 11 is 1.05. The van der Waals surface area contributed by atoms with Crippen LogP contribution >= 0.6 is 11.3 Å². The van der Waals surface area contributed by atoms with E-state index in [0.717, 1.165) is 11.3 Å². The molecule has 1 unspecified atom stereocenters. The molecule has 3 rings (SSSR count). The van der Waals surface area contributed by atoms with Gasteiger partial charge in [0.1, 0.15) is 15.9 Å². The van der Waals surface area contributed by atoms with Crippen molar-refractivity contribution < 1.29 is 22.7 Å². The molecule has 28 heavy (non-hydrogen) atoms. The number of nitrogens with zero attached hydrogens (tertiary/aromatic N) is 4. The minimum atomic E-state index is -3.83. The summed E-state index contributed by atoms with van der Waals surface area (Å²) in [6.07, 6.45) is 1.00. The number of sulfonamides is 1. The van der Waals surface area contributed by atoms with Gasteiger partial charge in [-0.1, -0.05) is 0 Å². The highest BCUT2D eigenvalue weighted by atomic mass is 32.2. The van der Waals surface area contributed by atoms with E-state index in [1.807, 2.05) is 19.0 Å². The summed E-state index contributed by atoms with van der Waals surface area (Å²) in [5, 5.41) is 9.67. The van der Waals surface area contributed by atoms with E-state index in [0.29, 0.717) is 31.1 Å². The second kappa shape index (κ2) is 8.41. The third-order valence-electron chi connectivity index (χ3n) is 4.33. The summed E-state index contributed by atoms with van der Waals surface area (Å²) in [6, 6.07) is 4.93. The minimum Gasteiger partial charge on any atom is -0.472 e. The number of hydrogen-bond acceptors (Lipinski definition) is 9. The van der Waals surface area contributed by atoms with Gasteiger partial charge in [0.05, 0.1) is 13.7 Å². The molecule has 11 heteroatoms. The van der Waals surface area contributed by atoms with Crippen LogP contribution in [0.5, 0.6) is 5.88 Å². The zero-order valence-corrected chi connectivity index (χ0v) is 17.5. The van der Waals surface area contributed by atoms with E-state index in [-0.39, 0.29) is 22.4 Å². The van der Waals surface area contributed by atoms with Crippen molar-refractivity contribution in [2.75, 3.05) is 39.2 Å². The maximum atomic E-state index is 13.0. The van der Waals surface area contributed by atoms with E-state index in [1.54, 1.807) is 17.5 Å². The molecule has 3 heterocycles. The Labute approximate surface area is 167 Å². The second-order valence-electron chi connectivity index (χ2n) is 6.47. The predicted octanol–water partition coefficient (Wildman–Crippen LogP) is 1.62. The lowest BCUT2D eigenvalue weighted by Crippen LogP contribution is -2.44. The van der Waals surface area contributed by atoms with Gasteiger partial charge >= 0.3 is 5.97 Å². The zero-order valence-electron chi connectivity index (χ0n) is 15.9. The van der Waals surface area contributed by atoms with Crippen LogP contribution in [0.15, 0.2) is 28.5 Å². The summed E-state index contributed by atoms with van der Waals surface area (Å²) in [4.78, 5) is 13.7. The van der Waals surface area contributed by atoms with Gasteiger partial charge in [-0.2, -0.15) is 4.31 Å². The first-order valence-electron chi connectivity index (χ1n) is 8.66. The van der Waals surface area contributed by atoms with E-state index >= 15 is 0 Å². The number of thiophene rings is 1. The summed E-state index contributed by atoms with van der Waals surface area (Å²) in [7, 11) is 1.13. The molecule has 1 fully saturated rings. The van der Waals surface area contributed by atoms with E-state index in [9.17, 15) is 13.2 Å². The Bertz CT molecular complexity index is 927. The summed E-state index contributed by atoms with van der Waals surface area (Å²) in [5.41, 5.74) is 0. The lowest BCUT2D eigenvalue weighted by atomic mass is 10.1. The number of piperidine rings is 1. The number of ether oxygens (including phenoxy) is 2. The van der Waals surface area contributed by atoms with Crippen molar-refractivity contribution in [1.29, 1.82) is 0 Å². The van der Waals surface area contributed by atoms with Gasteiger partial charge in [0, 0.05) is 26.7 Å². The molecule has 1 aliphatic rings. The lowest BCUT2D eigenvalue weighted by molar-refractivity contribution is 0.0602. The Balaban J connectivity index is 1.74. The minimum absolute atomic E-state index is 0.0277. The van der Waals surface area contributed by atoms with Crippen molar-refractivity contribution in [3.8, 4) is 5.88 Å². The molecule has 0 radical (unpaired) electrons. The Morgan fingerprint density at radius 1 is 1.29 bits per heavy atom. The Hall–Kier alpha value is -2.24. The van der Waals surface area contributed by atoms with Gasteiger partial charge in [-0.05, 0) is 30.4 Å². The molecule has 2 aromatic heterocycles. The fourth-order valence-electron chi connectivity index (χ4n) is 2.89. The lowest BCUT2D eigenvalue weighted by Gasteiger charge is -2.31. The molecular weight excluding hydrogens is 404 g/mol. The van der Waals surface area contributed by atoms with Crippen LogP contribution in [0.2, 0.25) is 0 Å². The van der Waals surface area contributed by atoms with Gasteiger partial charge in [-0.3, -0.25) is 0 Å². The quantitative estimate of drug-likeness (QED) is 0.642. The van der Waals surface area contributed by atoms with Crippen molar-refractivity contribution in [3.63, 3.8) is 0 Å². The first kappa shape index (κ1) is 20.5. The van der Waals surface area contributed by atoms with Gasteiger partial charge in [0.25, 0.3) is 0 Å². The average molecular weight is 427 g/mol. The third-order valence-corrected chi connectivity index (χ3v) is 7.26. The molecule has 0 aliphatic carbocycles. The largest absolute Gasteiger partial charge is 0.472 e. The molecule has 152 valence electrons. The van der Waals surface area contributed by atoms with Crippen LogP contribution in [0, 0.1) is 0 Å². The van der Waals surface area contributed by atoms with Gasteiger partial charge < -0.3 is 14.4 Å². The summed E-state index contributed by atoms with van der Waals surface area (Å²) in [5.74, 6) is 0.392. The third kappa shape index (κ3) is 4.26. The van der Waals surface area contributed by atoms with Crippen LogP contribution in [-0.4, -0.2) is 69.3 Å². The molecule has 0 amide bonds. The number of rotatable bonds is 6. The molecule has 0 aromatic carbocycles. The van der Waals surface area contributed by atoms with Crippen molar-refractivity contribution in [3.05, 3.63) is 28.5 Å². The van der Waals surface area contributed by atoms with Crippen LogP contribution < -0.4 is 9.64 Å². The molecule has 0 saturated carbocycles. The first-order chi connectivity index (χ1) is 13.3. The smallest absolute Gasteiger partial charge is 0.349 e. The van der Waals surface area contributed by atoms with Crippen LogP contribution in [0.25, 0.3) is 0 Å². The molecule has 2 aromatic rings. The molecule has 1 atom stereocenters. The van der Waals surface area contributed by atoms with Crippen LogP contribution in [0.4, 0.5) is 5.82 Å². The number of methoxy groups -OCH3 is 1. The van der Waals surface area contributed by atoms with Crippen LogP contribution in [0.1, 0.15) is 22.5 Å². The fourth-order valence-corrected chi connectivity index (χ4v) is 5.70. The van der Waals surface area contributed by atoms with Gasteiger partial charge in [0.15, 0.2) is 5.82 Å². The number of aromatic nitrogens is 2. The normalized spacial score (nSPS) is 17.9. The standard InChI is InChI=1S/C17H22N4O5S2/c1-20(2)14-6-7-15(19-18-14)26-12-5-4-9-21(11-12)28(23,24)13-8-10-27-16(13)17(22)25-3/h6-8,10,12H,4-5,9,11H2,1-3H3. The van der Waals surface area contributed by atoms with Crippen LogP contribution in [-0.2, 0) is 14.8 Å². The molecular formula is C17H22N4O5S2. The summed E-state index contributed by atoms with van der Waals surface area (Å²) < 4.78 is 38.0. The topological polar surface area (TPSA) is 102 Å². The number of carbonyl (C=O) groups is 1. The zero-order chi connectivity index (χ0) is 20.3. The Morgan fingerprint density at radius 2 is 2.07 bits per heavy atom. The molecule has 0 N–H and O–H groups in total. The van der Waals surface area contributed by atoms with Gasteiger partial charge in [-0.25, -0.2) is 13.2 Å². The number of anilines is 1. The molecule has 1 saturated heterocycles. The molecule has 0 spiro atoms. The fraction of sp³-hybridized carbons (Fsp3) is 0.471. The van der Waals surface area contributed by atoms with E-state index < -0.39 is 16.0 Å². The first-order valence-corrected chi connectivity index (χ1v) is 11.0. The maximum absolute atomic E-state index is 13.0. The van der Waals surface area contributed by atoms with Crippen LogP contribution in [0.3, 0.4) is 0 Å². The number of hydrogen-bond donors (Lipinski definition) is 0. The van der Waals surface area contributed by atoms with Crippen molar-refractivity contribution in [2.24, 2.45) is 0 Å². The number of carbonyl (C=O) groups excluding carboxylic acids is 1. The van der Waals surface area contributed by atoms with E-state index in [1.165, 1.54) is 17.5 Å².